The van der Waals surface area contributed by atoms with Crippen LogP contribution in [0.5, 0.6) is 0 Å². The van der Waals surface area contributed by atoms with Crippen molar-refractivity contribution in [2.45, 2.75) is 6.92 Å². The molecule has 0 fully saturated rings. The maximum absolute atomic E-state index is 12.3. The lowest BCUT2D eigenvalue weighted by Gasteiger charge is -2.07. The van der Waals surface area contributed by atoms with E-state index in [1.807, 2.05) is 38.2 Å². The summed E-state index contributed by atoms with van der Waals surface area (Å²) in [5.41, 5.74) is 4.21. The Hall–Kier alpha value is -3.20. The Kier molecular flexibility index (Phi) is 3.54. The third-order valence-corrected chi connectivity index (χ3v) is 4.07. The van der Waals surface area contributed by atoms with Gasteiger partial charge in [0.05, 0.1) is 11.9 Å². The molecule has 1 aromatic carbocycles. The second-order valence-corrected chi connectivity index (χ2v) is 5.32. The van der Waals surface area contributed by atoms with Gasteiger partial charge in [0.25, 0.3) is 5.91 Å². The van der Waals surface area contributed by atoms with Gasteiger partial charge in [-0.05, 0) is 19.1 Å². The molecule has 0 atom stereocenters. The maximum Gasteiger partial charge on any atom is 0.279 e. The van der Waals surface area contributed by atoms with Crippen LogP contribution in [-0.2, 0) is 11.8 Å². The lowest BCUT2D eigenvalue weighted by molar-refractivity contribution is -0.111. The second-order valence-electron chi connectivity index (χ2n) is 5.32. The molecular weight excluding hydrogens is 290 g/mol. The van der Waals surface area contributed by atoms with Crippen LogP contribution >= 0.6 is 0 Å². The molecule has 0 N–H and O–H groups in total. The van der Waals surface area contributed by atoms with E-state index in [4.69, 9.17) is 5.26 Å². The van der Waals surface area contributed by atoms with Crippen LogP contribution in [0.4, 0.5) is 5.69 Å². The number of rotatable bonds is 2. The van der Waals surface area contributed by atoms with Gasteiger partial charge in [0.2, 0.25) is 0 Å². The summed E-state index contributed by atoms with van der Waals surface area (Å²) < 4.78 is 1.79. The Labute approximate surface area is 134 Å². The standard InChI is InChI=1S/C17H15N5O/c1-11-12(8-13(9-18)21(11)2)10-19-20-16-14-6-4-5-7-15(14)22(3)17(16)23/h4-8,10H,1-3H3/b19-10-,20-16+. The third kappa shape index (κ3) is 2.32. The average Bonchev–Trinajstić information content (AvgIpc) is 2.98. The van der Waals surface area contributed by atoms with E-state index in [1.165, 1.54) is 0 Å². The van der Waals surface area contributed by atoms with Crippen molar-refractivity contribution < 1.29 is 4.79 Å². The van der Waals surface area contributed by atoms with Crippen LogP contribution in [-0.4, -0.2) is 29.4 Å². The van der Waals surface area contributed by atoms with Crippen LogP contribution in [0.2, 0.25) is 0 Å². The Morgan fingerprint density at radius 2 is 2.00 bits per heavy atom. The summed E-state index contributed by atoms with van der Waals surface area (Å²) >= 11 is 0. The van der Waals surface area contributed by atoms with E-state index in [9.17, 15) is 4.79 Å². The summed E-state index contributed by atoms with van der Waals surface area (Å²) in [5, 5.41) is 17.2. The van der Waals surface area contributed by atoms with Crippen molar-refractivity contribution in [3.63, 3.8) is 0 Å². The van der Waals surface area contributed by atoms with Gasteiger partial charge in [-0.2, -0.15) is 10.4 Å². The molecular formula is C17H15N5O. The van der Waals surface area contributed by atoms with Gasteiger partial charge in [0, 0.05) is 30.9 Å². The summed E-state index contributed by atoms with van der Waals surface area (Å²) in [7, 11) is 3.54. The molecule has 2 aromatic rings. The van der Waals surface area contributed by atoms with Gasteiger partial charge >= 0.3 is 0 Å². The van der Waals surface area contributed by atoms with Crippen molar-refractivity contribution in [3.05, 3.63) is 52.8 Å². The molecule has 0 radical (unpaired) electrons. The maximum atomic E-state index is 12.3. The van der Waals surface area contributed by atoms with E-state index in [-0.39, 0.29) is 5.91 Å². The highest BCUT2D eigenvalue weighted by Crippen LogP contribution is 2.27. The molecule has 2 heterocycles. The SMILES string of the molecule is Cc1c(/C=N\N=C2\C(=O)N(C)c3ccccc32)cc(C#N)n1C. The van der Waals surface area contributed by atoms with Crippen molar-refractivity contribution in [1.29, 1.82) is 5.26 Å². The zero-order valence-corrected chi connectivity index (χ0v) is 13.1. The van der Waals surface area contributed by atoms with E-state index < -0.39 is 0 Å². The second kappa shape index (κ2) is 5.54. The fourth-order valence-electron chi connectivity index (χ4n) is 2.56. The summed E-state index contributed by atoms with van der Waals surface area (Å²) in [4.78, 5) is 13.8. The molecule has 1 aliphatic rings. The largest absolute Gasteiger partial charge is 0.339 e. The number of nitriles is 1. The molecule has 0 saturated carbocycles. The van der Waals surface area contributed by atoms with Crippen molar-refractivity contribution in [2.75, 3.05) is 11.9 Å². The summed E-state index contributed by atoms with van der Waals surface area (Å²) in [6, 6.07) is 11.3. The summed E-state index contributed by atoms with van der Waals surface area (Å²) in [6.45, 7) is 1.90. The molecule has 6 nitrogen and oxygen atoms in total. The Morgan fingerprint density at radius 3 is 2.70 bits per heavy atom. The molecule has 1 aromatic heterocycles. The number of fused-ring (bicyclic) bond motifs is 1. The van der Waals surface area contributed by atoms with E-state index in [0.717, 1.165) is 22.5 Å². The average molecular weight is 305 g/mol. The number of amides is 1. The van der Waals surface area contributed by atoms with E-state index >= 15 is 0 Å². The van der Waals surface area contributed by atoms with Crippen molar-refractivity contribution in [3.8, 4) is 6.07 Å². The van der Waals surface area contributed by atoms with Crippen LogP contribution in [0.25, 0.3) is 0 Å². The van der Waals surface area contributed by atoms with Gasteiger partial charge in [0.15, 0.2) is 5.71 Å². The Morgan fingerprint density at radius 1 is 1.26 bits per heavy atom. The number of anilines is 1. The summed E-state index contributed by atoms with van der Waals surface area (Å²) in [5.74, 6) is -0.175. The molecule has 0 spiro atoms. The van der Waals surface area contributed by atoms with Crippen LogP contribution < -0.4 is 4.90 Å². The fourth-order valence-corrected chi connectivity index (χ4v) is 2.56. The first-order chi connectivity index (χ1) is 11.0. The van der Waals surface area contributed by atoms with Crippen LogP contribution in [0, 0.1) is 18.3 Å². The zero-order chi connectivity index (χ0) is 16.6. The van der Waals surface area contributed by atoms with Crippen molar-refractivity contribution in [1.82, 2.24) is 4.57 Å². The predicted octanol–water partition coefficient (Wildman–Crippen LogP) is 2.00. The third-order valence-electron chi connectivity index (χ3n) is 4.07. The van der Waals surface area contributed by atoms with E-state index in [2.05, 4.69) is 16.3 Å². The monoisotopic (exact) mass is 305 g/mol. The van der Waals surface area contributed by atoms with E-state index in [1.54, 1.807) is 28.8 Å². The lowest BCUT2D eigenvalue weighted by atomic mass is 10.1. The Balaban J connectivity index is 1.95. The van der Waals surface area contributed by atoms with Gasteiger partial charge in [-0.3, -0.25) is 4.79 Å². The molecule has 3 rings (SSSR count). The normalized spacial score (nSPS) is 15.5. The van der Waals surface area contributed by atoms with Gasteiger partial charge in [-0.1, -0.05) is 18.2 Å². The number of aromatic nitrogens is 1. The van der Waals surface area contributed by atoms with Gasteiger partial charge in [-0.15, -0.1) is 5.10 Å². The van der Waals surface area contributed by atoms with Gasteiger partial charge in [-0.25, -0.2) is 0 Å². The minimum atomic E-state index is -0.175. The minimum absolute atomic E-state index is 0.175. The molecule has 0 aliphatic carbocycles. The lowest BCUT2D eigenvalue weighted by Crippen LogP contribution is -2.25. The quantitative estimate of drug-likeness (QED) is 0.629. The number of nitrogens with zero attached hydrogens (tertiary/aromatic N) is 5. The molecule has 1 amide bonds. The predicted molar refractivity (Wildman–Crippen MR) is 88.8 cm³/mol. The smallest absolute Gasteiger partial charge is 0.279 e. The molecule has 6 heteroatoms. The number of benzene rings is 1. The number of para-hydroxylation sites is 1. The number of carbonyl (C=O) groups is 1. The number of hydrogen-bond acceptors (Lipinski definition) is 4. The highest BCUT2D eigenvalue weighted by atomic mass is 16.2. The van der Waals surface area contributed by atoms with Crippen molar-refractivity contribution >= 4 is 23.5 Å². The first-order valence-corrected chi connectivity index (χ1v) is 7.09. The number of hydrogen-bond donors (Lipinski definition) is 0. The zero-order valence-electron chi connectivity index (χ0n) is 13.1. The fraction of sp³-hybridized carbons (Fsp3) is 0.176. The molecule has 0 saturated heterocycles. The van der Waals surface area contributed by atoms with Gasteiger partial charge in [0.1, 0.15) is 11.8 Å². The first kappa shape index (κ1) is 14.7. The first-order valence-electron chi connectivity index (χ1n) is 7.09. The summed E-state index contributed by atoms with van der Waals surface area (Å²) in [6.07, 6.45) is 1.57. The van der Waals surface area contributed by atoms with Crippen LogP contribution in [0.3, 0.4) is 0 Å². The molecule has 23 heavy (non-hydrogen) atoms. The van der Waals surface area contributed by atoms with Crippen LogP contribution in [0.1, 0.15) is 22.5 Å². The molecule has 0 unspecified atom stereocenters. The Bertz CT molecular complexity index is 898. The topological polar surface area (TPSA) is 73.8 Å². The van der Waals surface area contributed by atoms with Crippen molar-refractivity contribution in [2.24, 2.45) is 17.3 Å². The highest BCUT2D eigenvalue weighted by molar-refractivity contribution is 6.54. The number of likely N-dealkylation sites (N-methyl/N-ethyl adjacent to an activating group) is 1. The van der Waals surface area contributed by atoms with Gasteiger partial charge < -0.3 is 9.47 Å². The molecule has 0 bridgehead atoms. The van der Waals surface area contributed by atoms with E-state index in [0.29, 0.717) is 11.4 Å². The molecule has 1 aliphatic heterocycles. The minimum Gasteiger partial charge on any atom is -0.339 e. The molecule has 114 valence electrons. The highest BCUT2D eigenvalue weighted by Gasteiger charge is 2.30. The van der Waals surface area contributed by atoms with Crippen LogP contribution in [0.15, 0.2) is 40.5 Å². The number of carbonyl (C=O) groups excluding carboxylic acids is 1.